The summed E-state index contributed by atoms with van der Waals surface area (Å²) in [5.74, 6) is 1.23. The van der Waals surface area contributed by atoms with Crippen molar-refractivity contribution in [3.63, 3.8) is 0 Å². The molecule has 3 N–H and O–H groups in total. The molecule has 0 radical (unpaired) electrons. The first-order valence-electron chi connectivity index (χ1n) is 7.20. The van der Waals surface area contributed by atoms with Crippen LogP contribution in [0.5, 0.6) is 0 Å². The van der Waals surface area contributed by atoms with Gasteiger partial charge in [-0.3, -0.25) is 4.79 Å². The SMILES string of the molecule is CCC(CN)CC(=O)NC1CCCCC1CC. The fourth-order valence-corrected chi connectivity index (χ4v) is 2.81. The minimum absolute atomic E-state index is 0.202. The van der Waals surface area contributed by atoms with Gasteiger partial charge in [0.25, 0.3) is 0 Å². The highest BCUT2D eigenvalue weighted by Gasteiger charge is 2.25. The highest BCUT2D eigenvalue weighted by molar-refractivity contribution is 5.76. The summed E-state index contributed by atoms with van der Waals surface area (Å²) >= 11 is 0. The molecule has 0 bridgehead atoms. The molecule has 3 nitrogen and oxygen atoms in total. The molecular formula is C14H28N2O. The van der Waals surface area contributed by atoms with E-state index in [4.69, 9.17) is 5.73 Å². The van der Waals surface area contributed by atoms with Crippen molar-refractivity contribution in [1.82, 2.24) is 5.32 Å². The molecule has 100 valence electrons. The van der Waals surface area contributed by atoms with Crippen LogP contribution in [0, 0.1) is 11.8 Å². The Hall–Kier alpha value is -0.570. The van der Waals surface area contributed by atoms with E-state index in [0.29, 0.717) is 30.8 Å². The Morgan fingerprint density at radius 3 is 2.65 bits per heavy atom. The normalized spacial score (nSPS) is 26.5. The van der Waals surface area contributed by atoms with Crippen LogP contribution in [0.25, 0.3) is 0 Å². The average Bonchev–Trinajstić information content (AvgIpc) is 2.36. The number of hydrogen-bond donors (Lipinski definition) is 2. The second kappa shape index (κ2) is 7.70. The summed E-state index contributed by atoms with van der Waals surface area (Å²) < 4.78 is 0. The maximum atomic E-state index is 11.9. The summed E-state index contributed by atoms with van der Waals surface area (Å²) in [5, 5.41) is 3.22. The van der Waals surface area contributed by atoms with E-state index in [1.54, 1.807) is 0 Å². The minimum atomic E-state index is 0.202. The summed E-state index contributed by atoms with van der Waals surface area (Å²) in [6.07, 6.45) is 7.78. The molecule has 0 heterocycles. The second-order valence-electron chi connectivity index (χ2n) is 5.34. The second-order valence-corrected chi connectivity index (χ2v) is 5.34. The summed E-state index contributed by atoms with van der Waals surface area (Å²) in [4.78, 5) is 11.9. The lowest BCUT2D eigenvalue weighted by Gasteiger charge is -2.31. The van der Waals surface area contributed by atoms with Crippen LogP contribution in [0.4, 0.5) is 0 Å². The zero-order valence-corrected chi connectivity index (χ0v) is 11.4. The van der Waals surface area contributed by atoms with Crippen LogP contribution >= 0.6 is 0 Å². The molecule has 1 rings (SSSR count). The predicted molar refractivity (Wildman–Crippen MR) is 71.6 cm³/mol. The third kappa shape index (κ3) is 4.66. The topological polar surface area (TPSA) is 55.1 Å². The fourth-order valence-electron chi connectivity index (χ4n) is 2.81. The number of carbonyl (C=O) groups is 1. The van der Waals surface area contributed by atoms with E-state index in [1.165, 1.54) is 25.7 Å². The molecule has 0 aromatic heterocycles. The van der Waals surface area contributed by atoms with Crippen LogP contribution in [-0.2, 0) is 4.79 Å². The molecule has 3 atom stereocenters. The molecule has 1 aliphatic rings. The highest BCUT2D eigenvalue weighted by atomic mass is 16.1. The summed E-state index contributed by atoms with van der Waals surface area (Å²) in [7, 11) is 0. The standard InChI is InChI=1S/C14H28N2O/c1-3-11(10-15)9-14(17)16-13-8-6-5-7-12(13)4-2/h11-13H,3-10,15H2,1-2H3,(H,16,17). The first kappa shape index (κ1) is 14.5. The highest BCUT2D eigenvalue weighted by Crippen LogP contribution is 2.26. The molecule has 1 saturated carbocycles. The molecule has 0 aromatic rings. The number of rotatable bonds is 6. The van der Waals surface area contributed by atoms with Crippen molar-refractivity contribution in [3.8, 4) is 0 Å². The first-order valence-corrected chi connectivity index (χ1v) is 7.20. The van der Waals surface area contributed by atoms with Crippen molar-refractivity contribution in [2.75, 3.05) is 6.54 Å². The molecule has 3 heteroatoms. The largest absolute Gasteiger partial charge is 0.353 e. The third-order valence-electron chi connectivity index (χ3n) is 4.16. The molecule has 0 spiro atoms. The van der Waals surface area contributed by atoms with Crippen molar-refractivity contribution < 1.29 is 4.79 Å². The third-order valence-corrected chi connectivity index (χ3v) is 4.16. The molecule has 0 saturated heterocycles. The molecule has 3 unspecified atom stereocenters. The Morgan fingerprint density at radius 2 is 2.06 bits per heavy atom. The molecular weight excluding hydrogens is 212 g/mol. The smallest absolute Gasteiger partial charge is 0.220 e. The fraction of sp³-hybridized carbons (Fsp3) is 0.929. The number of amides is 1. The first-order chi connectivity index (χ1) is 8.21. The summed E-state index contributed by atoms with van der Waals surface area (Å²) in [6, 6.07) is 0.413. The zero-order valence-electron chi connectivity index (χ0n) is 11.4. The number of nitrogens with two attached hydrogens (primary N) is 1. The average molecular weight is 240 g/mol. The van der Waals surface area contributed by atoms with Gasteiger partial charge in [-0.05, 0) is 31.2 Å². The molecule has 0 aliphatic heterocycles. The Labute approximate surface area is 106 Å². The zero-order chi connectivity index (χ0) is 12.7. The molecule has 1 aliphatic carbocycles. The number of carbonyl (C=O) groups excluding carboxylic acids is 1. The van der Waals surface area contributed by atoms with Crippen LogP contribution in [0.2, 0.25) is 0 Å². The van der Waals surface area contributed by atoms with Crippen molar-refractivity contribution in [2.45, 2.75) is 64.8 Å². The summed E-state index contributed by atoms with van der Waals surface area (Å²) in [5.41, 5.74) is 5.64. The van der Waals surface area contributed by atoms with Crippen LogP contribution in [0.1, 0.15) is 58.8 Å². The Balaban J connectivity index is 2.38. The van der Waals surface area contributed by atoms with Gasteiger partial charge >= 0.3 is 0 Å². The van der Waals surface area contributed by atoms with E-state index in [0.717, 1.165) is 12.8 Å². The molecule has 0 aromatic carbocycles. The number of nitrogens with one attached hydrogen (secondary N) is 1. The van der Waals surface area contributed by atoms with Gasteiger partial charge in [-0.25, -0.2) is 0 Å². The Morgan fingerprint density at radius 1 is 1.35 bits per heavy atom. The van der Waals surface area contributed by atoms with E-state index in [-0.39, 0.29) is 5.91 Å². The van der Waals surface area contributed by atoms with Gasteiger partial charge in [-0.1, -0.05) is 39.5 Å². The van der Waals surface area contributed by atoms with E-state index < -0.39 is 0 Å². The molecule has 1 amide bonds. The molecule has 1 fully saturated rings. The lowest BCUT2D eigenvalue weighted by Crippen LogP contribution is -2.42. The van der Waals surface area contributed by atoms with E-state index >= 15 is 0 Å². The van der Waals surface area contributed by atoms with Crippen LogP contribution < -0.4 is 11.1 Å². The monoisotopic (exact) mass is 240 g/mol. The van der Waals surface area contributed by atoms with E-state index in [2.05, 4.69) is 19.2 Å². The number of hydrogen-bond acceptors (Lipinski definition) is 2. The Kier molecular flexibility index (Phi) is 6.56. The van der Waals surface area contributed by atoms with Gasteiger partial charge in [0.1, 0.15) is 0 Å². The van der Waals surface area contributed by atoms with Gasteiger partial charge in [0, 0.05) is 12.5 Å². The van der Waals surface area contributed by atoms with Crippen LogP contribution in [0.3, 0.4) is 0 Å². The van der Waals surface area contributed by atoms with Gasteiger partial charge in [0.2, 0.25) is 5.91 Å². The lowest BCUT2D eigenvalue weighted by molar-refractivity contribution is -0.123. The van der Waals surface area contributed by atoms with Crippen molar-refractivity contribution in [2.24, 2.45) is 17.6 Å². The van der Waals surface area contributed by atoms with Gasteiger partial charge in [-0.2, -0.15) is 0 Å². The predicted octanol–water partition coefficient (Wildman–Crippen LogP) is 2.45. The lowest BCUT2D eigenvalue weighted by atomic mass is 9.82. The van der Waals surface area contributed by atoms with E-state index in [9.17, 15) is 4.79 Å². The van der Waals surface area contributed by atoms with Crippen LogP contribution in [0.15, 0.2) is 0 Å². The summed E-state index contributed by atoms with van der Waals surface area (Å²) in [6.45, 7) is 4.94. The maximum Gasteiger partial charge on any atom is 0.220 e. The van der Waals surface area contributed by atoms with Crippen molar-refractivity contribution in [1.29, 1.82) is 0 Å². The van der Waals surface area contributed by atoms with Gasteiger partial charge in [0.05, 0.1) is 0 Å². The van der Waals surface area contributed by atoms with Gasteiger partial charge < -0.3 is 11.1 Å². The molecule has 17 heavy (non-hydrogen) atoms. The van der Waals surface area contributed by atoms with Crippen molar-refractivity contribution >= 4 is 5.91 Å². The van der Waals surface area contributed by atoms with Crippen LogP contribution in [-0.4, -0.2) is 18.5 Å². The maximum absolute atomic E-state index is 11.9. The quantitative estimate of drug-likeness (QED) is 0.749. The van der Waals surface area contributed by atoms with E-state index in [1.807, 2.05) is 0 Å². The van der Waals surface area contributed by atoms with Crippen molar-refractivity contribution in [3.05, 3.63) is 0 Å². The Bertz CT molecular complexity index is 226. The van der Waals surface area contributed by atoms with Gasteiger partial charge in [0.15, 0.2) is 0 Å². The van der Waals surface area contributed by atoms with Gasteiger partial charge in [-0.15, -0.1) is 0 Å². The minimum Gasteiger partial charge on any atom is -0.353 e.